The first kappa shape index (κ1) is 19.5. The maximum atomic E-state index is 14.0. The molecule has 0 aliphatic carbocycles. The Bertz CT molecular complexity index is 1180. The number of aryl methyl sites for hydroxylation is 2. The molecule has 1 aromatic heterocycles. The van der Waals surface area contributed by atoms with Gasteiger partial charge in [-0.25, -0.2) is 8.78 Å². The molecule has 3 aromatic rings. The maximum Gasteiger partial charge on any atom is 0.270 e. The van der Waals surface area contributed by atoms with Gasteiger partial charge < -0.3 is 4.42 Å². The summed E-state index contributed by atoms with van der Waals surface area (Å²) in [5, 5.41) is 0. The third-order valence-electron chi connectivity index (χ3n) is 4.64. The van der Waals surface area contributed by atoms with Crippen LogP contribution in [0.5, 0.6) is 0 Å². The first-order valence-corrected chi connectivity index (χ1v) is 9.96. The highest BCUT2D eigenvalue weighted by Gasteiger charge is 2.33. The Labute approximate surface area is 176 Å². The Morgan fingerprint density at radius 3 is 2.55 bits per heavy atom. The van der Waals surface area contributed by atoms with E-state index in [0.29, 0.717) is 20.7 Å². The summed E-state index contributed by atoms with van der Waals surface area (Å²) < 4.78 is 33.1. The molecule has 29 heavy (non-hydrogen) atoms. The summed E-state index contributed by atoms with van der Waals surface area (Å²) >= 11 is 6.57. The van der Waals surface area contributed by atoms with E-state index in [1.54, 1.807) is 18.2 Å². The van der Waals surface area contributed by atoms with Gasteiger partial charge in [-0.3, -0.25) is 9.69 Å². The van der Waals surface area contributed by atoms with E-state index in [4.69, 9.17) is 16.6 Å². The van der Waals surface area contributed by atoms with Crippen LogP contribution in [0.15, 0.2) is 57.9 Å². The Hall–Kier alpha value is -2.77. The van der Waals surface area contributed by atoms with Crippen LogP contribution in [0.1, 0.15) is 16.9 Å². The lowest BCUT2D eigenvalue weighted by Crippen LogP contribution is -2.27. The first-order valence-electron chi connectivity index (χ1n) is 8.74. The van der Waals surface area contributed by atoms with Gasteiger partial charge in [0.2, 0.25) is 0 Å². The van der Waals surface area contributed by atoms with Crippen molar-refractivity contribution >= 4 is 46.0 Å². The normalized spacial score (nSPS) is 15.6. The second-order valence-electron chi connectivity index (χ2n) is 6.61. The zero-order chi connectivity index (χ0) is 20.7. The van der Waals surface area contributed by atoms with Gasteiger partial charge in [-0.1, -0.05) is 30.0 Å². The number of amides is 1. The first-order chi connectivity index (χ1) is 13.8. The minimum Gasteiger partial charge on any atom is -0.457 e. The van der Waals surface area contributed by atoms with E-state index in [2.05, 4.69) is 0 Å². The molecular formula is C22H15F2NO2S2. The summed E-state index contributed by atoms with van der Waals surface area (Å²) in [6, 6.07) is 12.2. The molecule has 2 heterocycles. The van der Waals surface area contributed by atoms with Crippen LogP contribution in [0.2, 0.25) is 0 Å². The van der Waals surface area contributed by atoms with E-state index in [0.717, 1.165) is 23.3 Å². The molecule has 4 rings (SSSR count). The SMILES string of the molecule is Cc1ccc(N2C(=O)/C(=C/c3ccc(-c4ccc(F)cc4F)o3)SC2=S)cc1C. The molecular weight excluding hydrogens is 412 g/mol. The monoisotopic (exact) mass is 427 g/mol. The molecule has 0 atom stereocenters. The number of furan rings is 1. The molecule has 1 aliphatic heterocycles. The highest BCUT2D eigenvalue weighted by atomic mass is 32.2. The average molecular weight is 427 g/mol. The number of halogens is 2. The van der Waals surface area contributed by atoms with E-state index in [1.807, 2.05) is 32.0 Å². The number of rotatable bonds is 3. The van der Waals surface area contributed by atoms with Crippen molar-refractivity contribution in [2.24, 2.45) is 0 Å². The Kier molecular flexibility index (Phi) is 5.10. The maximum absolute atomic E-state index is 14.0. The van der Waals surface area contributed by atoms with Crippen LogP contribution >= 0.6 is 24.0 Å². The zero-order valence-electron chi connectivity index (χ0n) is 15.5. The van der Waals surface area contributed by atoms with Gasteiger partial charge in [0.25, 0.3) is 5.91 Å². The lowest BCUT2D eigenvalue weighted by molar-refractivity contribution is -0.113. The number of hydrogen-bond donors (Lipinski definition) is 0. The van der Waals surface area contributed by atoms with Crippen molar-refractivity contribution in [1.29, 1.82) is 0 Å². The van der Waals surface area contributed by atoms with Crippen molar-refractivity contribution in [1.82, 2.24) is 0 Å². The van der Waals surface area contributed by atoms with Gasteiger partial charge >= 0.3 is 0 Å². The standard InChI is InChI=1S/C22H15F2NO2S2/c1-12-3-5-15(9-13(12)2)25-21(26)20(29-22(25)28)11-16-6-8-19(27-16)17-7-4-14(23)10-18(17)24/h3-11H,1-2H3/b20-11-. The van der Waals surface area contributed by atoms with Crippen molar-refractivity contribution in [3.63, 3.8) is 0 Å². The van der Waals surface area contributed by atoms with Crippen LogP contribution < -0.4 is 4.90 Å². The van der Waals surface area contributed by atoms with Crippen molar-refractivity contribution in [3.8, 4) is 11.3 Å². The minimum atomic E-state index is -0.716. The molecule has 146 valence electrons. The van der Waals surface area contributed by atoms with Gasteiger partial charge in [0.1, 0.15) is 23.2 Å². The Balaban J connectivity index is 1.62. The molecule has 0 spiro atoms. The van der Waals surface area contributed by atoms with Crippen molar-refractivity contribution in [2.75, 3.05) is 4.90 Å². The Morgan fingerprint density at radius 1 is 1.03 bits per heavy atom. The number of carbonyl (C=O) groups excluding carboxylic acids is 1. The molecule has 0 bridgehead atoms. The van der Waals surface area contributed by atoms with Gasteiger partial charge in [-0.2, -0.15) is 0 Å². The fraction of sp³-hybridized carbons (Fsp3) is 0.0909. The Morgan fingerprint density at radius 2 is 1.83 bits per heavy atom. The van der Waals surface area contributed by atoms with Crippen LogP contribution in [0.3, 0.4) is 0 Å². The summed E-state index contributed by atoms with van der Waals surface area (Å²) in [4.78, 5) is 14.8. The molecule has 1 fully saturated rings. The van der Waals surface area contributed by atoms with E-state index >= 15 is 0 Å². The molecule has 1 aliphatic rings. The van der Waals surface area contributed by atoms with E-state index in [9.17, 15) is 13.6 Å². The summed E-state index contributed by atoms with van der Waals surface area (Å²) in [6.45, 7) is 3.98. The van der Waals surface area contributed by atoms with Gasteiger partial charge in [0.15, 0.2) is 4.32 Å². The third-order valence-corrected chi connectivity index (χ3v) is 5.94. The zero-order valence-corrected chi connectivity index (χ0v) is 17.2. The van der Waals surface area contributed by atoms with Gasteiger partial charge in [-0.15, -0.1) is 0 Å². The second kappa shape index (κ2) is 7.57. The molecule has 1 saturated heterocycles. The summed E-state index contributed by atoms with van der Waals surface area (Å²) in [7, 11) is 0. The van der Waals surface area contributed by atoms with Crippen LogP contribution in [0.25, 0.3) is 17.4 Å². The molecule has 0 unspecified atom stereocenters. The number of anilines is 1. The highest BCUT2D eigenvalue weighted by Crippen LogP contribution is 2.37. The number of carbonyl (C=O) groups is 1. The second-order valence-corrected chi connectivity index (χ2v) is 8.29. The molecule has 0 N–H and O–H groups in total. The lowest BCUT2D eigenvalue weighted by Gasteiger charge is -2.15. The number of thioether (sulfide) groups is 1. The van der Waals surface area contributed by atoms with Gasteiger partial charge in [-0.05, 0) is 61.4 Å². The van der Waals surface area contributed by atoms with Crippen LogP contribution in [-0.2, 0) is 4.79 Å². The van der Waals surface area contributed by atoms with Gasteiger partial charge in [0, 0.05) is 12.1 Å². The van der Waals surface area contributed by atoms with Crippen LogP contribution in [-0.4, -0.2) is 10.2 Å². The van der Waals surface area contributed by atoms with Crippen molar-refractivity contribution < 1.29 is 18.0 Å². The number of thiocarbonyl (C=S) groups is 1. The number of nitrogens with zero attached hydrogens (tertiary/aromatic N) is 1. The van der Waals surface area contributed by atoms with E-state index < -0.39 is 11.6 Å². The molecule has 3 nitrogen and oxygen atoms in total. The number of benzene rings is 2. The summed E-state index contributed by atoms with van der Waals surface area (Å²) in [5.74, 6) is -0.989. The largest absolute Gasteiger partial charge is 0.457 e. The van der Waals surface area contributed by atoms with Crippen LogP contribution in [0.4, 0.5) is 14.5 Å². The quantitative estimate of drug-likeness (QED) is 0.366. The molecule has 7 heteroatoms. The predicted molar refractivity (Wildman–Crippen MR) is 116 cm³/mol. The summed E-state index contributed by atoms with van der Waals surface area (Å²) in [6.07, 6.45) is 1.57. The molecule has 2 aromatic carbocycles. The van der Waals surface area contributed by atoms with Crippen molar-refractivity contribution in [3.05, 3.63) is 82.0 Å². The third kappa shape index (κ3) is 3.75. The number of hydrogen-bond acceptors (Lipinski definition) is 4. The molecule has 1 amide bonds. The predicted octanol–water partition coefficient (Wildman–Crippen LogP) is 6.25. The van der Waals surface area contributed by atoms with Crippen LogP contribution in [0, 0.1) is 25.5 Å². The molecule has 0 radical (unpaired) electrons. The van der Waals surface area contributed by atoms with E-state index in [1.165, 1.54) is 22.7 Å². The summed E-state index contributed by atoms with van der Waals surface area (Å²) in [5.41, 5.74) is 3.06. The topological polar surface area (TPSA) is 33.5 Å². The fourth-order valence-corrected chi connectivity index (χ4v) is 4.23. The fourth-order valence-electron chi connectivity index (χ4n) is 2.95. The lowest BCUT2D eigenvalue weighted by atomic mass is 10.1. The van der Waals surface area contributed by atoms with E-state index in [-0.39, 0.29) is 17.2 Å². The average Bonchev–Trinajstić information content (AvgIpc) is 3.22. The minimum absolute atomic E-state index is 0.147. The van der Waals surface area contributed by atoms with Crippen molar-refractivity contribution in [2.45, 2.75) is 13.8 Å². The van der Waals surface area contributed by atoms with Gasteiger partial charge in [0.05, 0.1) is 16.2 Å². The smallest absolute Gasteiger partial charge is 0.270 e. The highest BCUT2D eigenvalue weighted by molar-refractivity contribution is 8.27. The molecule has 0 saturated carbocycles.